The third kappa shape index (κ3) is 3.98. The summed E-state index contributed by atoms with van der Waals surface area (Å²) >= 11 is 7.05. The van der Waals surface area contributed by atoms with Crippen molar-refractivity contribution in [1.29, 1.82) is 0 Å². The number of halogens is 2. The van der Waals surface area contributed by atoms with E-state index in [-0.39, 0.29) is 22.0 Å². The molecule has 0 spiro atoms. The van der Waals surface area contributed by atoms with E-state index in [2.05, 4.69) is 9.71 Å². The summed E-state index contributed by atoms with van der Waals surface area (Å²) in [5, 5.41) is 10.6. The van der Waals surface area contributed by atoms with Crippen LogP contribution in [0.1, 0.15) is 11.3 Å². The van der Waals surface area contributed by atoms with Crippen LogP contribution in [0.2, 0.25) is 5.02 Å². The summed E-state index contributed by atoms with van der Waals surface area (Å²) in [4.78, 5) is 3.76. The van der Waals surface area contributed by atoms with Crippen molar-refractivity contribution in [3.8, 4) is 0 Å². The Kier molecular flexibility index (Phi) is 5.28. The Balaban J connectivity index is 2.13. The van der Waals surface area contributed by atoms with E-state index in [1.165, 1.54) is 11.3 Å². The van der Waals surface area contributed by atoms with Crippen molar-refractivity contribution < 1.29 is 17.9 Å². The van der Waals surface area contributed by atoms with Gasteiger partial charge in [-0.05, 0) is 12.1 Å². The molecule has 21 heavy (non-hydrogen) atoms. The molecule has 0 amide bonds. The number of rotatable bonds is 6. The normalized spacial score (nSPS) is 11.8. The average Bonchev–Trinajstić information content (AvgIpc) is 2.94. The third-order valence-electron chi connectivity index (χ3n) is 2.71. The summed E-state index contributed by atoms with van der Waals surface area (Å²) in [5.74, 6) is -0.886. The van der Waals surface area contributed by atoms with Crippen molar-refractivity contribution >= 4 is 33.0 Å². The lowest BCUT2D eigenvalue weighted by Gasteiger charge is -2.09. The van der Waals surface area contributed by atoms with E-state index < -0.39 is 22.4 Å². The molecule has 0 aliphatic heterocycles. The second kappa shape index (κ2) is 6.80. The Morgan fingerprint density at radius 1 is 1.43 bits per heavy atom. The zero-order chi connectivity index (χ0) is 15.5. The average molecular weight is 351 g/mol. The van der Waals surface area contributed by atoms with E-state index in [0.29, 0.717) is 6.42 Å². The molecule has 0 unspecified atom stereocenters. The first-order chi connectivity index (χ1) is 9.94. The largest absolute Gasteiger partial charge is 0.392 e. The lowest BCUT2D eigenvalue weighted by molar-refractivity contribution is 0.281. The van der Waals surface area contributed by atoms with Crippen LogP contribution in [0.15, 0.2) is 27.9 Å². The van der Waals surface area contributed by atoms with Crippen LogP contribution in [-0.2, 0) is 23.1 Å². The number of nitrogens with one attached hydrogen (secondary N) is 1. The number of benzene rings is 1. The van der Waals surface area contributed by atoms with Crippen LogP contribution in [0, 0.1) is 5.82 Å². The fourth-order valence-corrected chi connectivity index (χ4v) is 3.50. The highest BCUT2D eigenvalue weighted by atomic mass is 35.5. The second-order valence-corrected chi connectivity index (χ2v) is 7.03. The van der Waals surface area contributed by atoms with Crippen LogP contribution >= 0.6 is 22.9 Å². The second-order valence-electron chi connectivity index (χ2n) is 4.16. The Morgan fingerprint density at radius 3 is 2.81 bits per heavy atom. The monoisotopic (exact) mass is 350 g/mol. The van der Waals surface area contributed by atoms with Gasteiger partial charge in [0.15, 0.2) is 0 Å². The van der Waals surface area contributed by atoms with Crippen LogP contribution in [0.3, 0.4) is 0 Å². The minimum atomic E-state index is -3.87. The molecule has 0 saturated heterocycles. The molecule has 1 aromatic heterocycles. The van der Waals surface area contributed by atoms with Crippen molar-refractivity contribution in [2.75, 3.05) is 6.54 Å². The quantitative estimate of drug-likeness (QED) is 0.834. The summed E-state index contributed by atoms with van der Waals surface area (Å²) in [6, 6.07) is 1.98. The number of nitrogens with zero attached hydrogens (tertiary/aromatic N) is 1. The Bertz CT molecular complexity index is 720. The molecule has 0 aliphatic rings. The van der Waals surface area contributed by atoms with Gasteiger partial charge in [-0.1, -0.05) is 11.6 Å². The zero-order valence-corrected chi connectivity index (χ0v) is 13.1. The number of aliphatic hydroxyl groups is 1. The topological polar surface area (TPSA) is 79.3 Å². The number of aliphatic hydroxyl groups excluding tert-OH is 1. The number of hydrogen-bond donors (Lipinski definition) is 2. The van der Waals surface area contributed by atoms with Crippen LogP contribution in [0.25, 0.3) is 0 Å². The Hall–Kier alpha value is -1.06. The van der Waals surface area contributed by atoms with Gasteiger partial charge in [-0.25, -0.2) is 22.5 Å². The highest BCUT2D eigenvalue weighted by Crippen LogP contribution is 2.24. The maximum atomic E-state index is 13.6. The predicted molar refractivity (Wildman–Crippen MR) is 78.3 cm³/mol. The predicted octanol–water partition coefficient (Wildman–Crippen LogP) is 1.95. The summed E-state index contributed by atoms with van der Waals surface area (Å²) in [5.41, 5.74) is 2.46. The van der Waals surface area contributed by atoms with Gasteiger partial charge in [0.05, 0.1) is 27.7 Å². The molecule has 0 radical (unpaired) electrons. The summed E-state index contributed by atoms with van der Waals surface area (Å²) in [6.07, 6.45) is 0.436. The number of thiazole rings is 1. The Morgan fingerprint density at radius 2 is 2.19 bits per heavy atom. The summed E-state index contributed by atoms with van der Waals surface area (Å²) in [7, 11) is -3.87. The van der Waals surface area contributed by atoms with Gasteiger partial charge in [-0.3, -0.25) is 0 Å². The SMILES string of the molecule is O=S(=O)(NCCc1cscn1)c1cc(F)c(Cl)c(CO)c1. The van der Waals surface area contributed by atoms with Crippen LogP contribution in [0.5, 0.6) is 0 Å². The molecule has 1 heterocycles. The maximum absolute atomic E-state index is 13.6. The minimum Gasteiger partial charge on any atom is -0.392 e. The van der Waals surface area contributed by atoms with Gasteiger partial charge < -0.3 is 5.11 Å². The van der Waals surface area contributed by atoms with Gasteiger partial charge >= 0.3 is 0 Å². The first kappa shape index (κ1) is 16.3. The molecule has 9 heteroatoms. The molecule has 0 bridgehead atoms. The summed E-state index contributed by atoms with van der Waals surface area (Å²) < 4.78 is 40.1. The molecule has 2 rings (SSSR count). The van der Waals surface area contributed by atoms with Crippen molar-refractivity contribution in [2.45, 2.75) is 17.9 Å². The first-order valence-corrected chi connectivity index (χ1v) is 8.70. The molecule has 0 saturated carbocycles. The maximum Gasteiger partial charge on any atom is 0.240 e. The number of aromatic nitrogens is 1. The van der Waals surface area contributed by atoms with E-state index in [4.69, 9.17) is 16.7 Å². The van der Waals surface area contributed by atoms with Crippen LogP contribution in [-0.4, -0.2) is 25.1 Å². The van der Waals surface area contributed by atoms with Gasteiger partial charge in [0.25, 0.3) is 0 Å². The molecule has 0 aliphatic carbocycles. The van der Waals surface area contributed by atoms with Crippen LogP contribution in [0.4, 0.5) is 4.39 Å². The lowest BCUT2D eigenvalue weighted by atomic mass is 10.2. The molecule has 114 valence electrons. The molecule has 0 fully saturated rings. The zero-order valence-electron chi connectivity index (χ0n) is 10.7. The molecular weight excluding hydrogens is 339 g/mol. The molecule has 0 atom stereocenters. The molecule has 2 aromatic rings. The van der Waals surface area contributed by atoms with Crippen LogP contribution < -0.4 is 4.72 Å². The lowest BCUT2D eigenvalue weighted by Crippen LogP contribution is -2.26. The molecule has 2 N–H and O–H groups in total. The van der Waals surface area contributed by atoms with E-state index in [1.807, 2.05) is 5.38 Å². The molecule has 5 nitrogen and oxygen atoms in total. The van der Waals surface area contributed by atoms with Gasteiger partial charge in [0, 0.05) is 23.9 Å². The van der Waals surface area contributed by atoms with Gasteiger partial charge in [0.2, 0.25) is 10.0 Å². The Labute approximate surface area is 130 Å². The van der Waals surface area contributed by atoms with Crippen molar-refractivity contribution in [3.05, 3.63) is 45.1 Å². The van der Waals surface area contributed by atoms with Gasteiger partial charge in [-0.2, -0.15) is 0 Å². The van der Waals surface area contributed by atoms with E-state index in [9.17, 15) is 12.8 Å². The van der Waals surface area contributed by atoms with Crippen molar-refractivity contribution in [3.63, 3.8) is 0 Å². The highest BCUT2D eigenvalue weighted by Gasteiger charge is 2.18. The van der Waals surface area contributed by atoms with Gasteiger partial charge in [-0.15, -0.1) is 11.3 Å². The van der Waals surface area contributed by atoms with E-state index in [1.54, 1.807) is 5.51 Å². The number of hydrogen-bond acceptors (Lipinski definition) is 5. The fraction of sp³-hybridized carbons (Fsp3) is 0.250. The van der Waals surface area contributed by atoms with Crippen molar-refractivity contribution in [1.82, 2.24) is 9.71 Å². The smallest absolute Gasteiger partial charge is 0.240 e. The number of sulfonamides is 1. The van der Waals surface area contributed by atoms with Crippen molar-refractivity contribution in [2.24, 2.45) is 0 Å². The molecular formula is C12H12ClFN2O3S2. The third-order valence-corrected chi connectivity index (χ3v) is 5.21. The summed E-state index contributed by atoms with van der Waals surface area (Å²) in [6.45, 7) is -0.400. The fourth-order valence-electron chi connectivity index (χ4n) is 1.65. The van der Waals surface area contributed by atoms with Gasteiger partial charge in [0.1, 0.15) is 5.82 Å². The van der Waals surface area contributed by atoms with E-state index in [0.717, 1.165) is 17.8 Å². The van der Waals surface area contributed by atoms with E-state index >= 15 is 0 Å². The first-order valence-electron chi connectivity index (χ1n) is 5.89. The standard InChI is InChI=1S/C12H12ClFN2O3S2/c13-12-8(5-17)3-10(4-11(12)14)21(18,19)16-2-1-9-6-20-7-15-9/h3-4,6-7,16-17H,1-2,5H2. The molecule has 1 aromatic carbocycles. The highest BCUT2D eigenvalue weighted by molar-refractivity contribution is 7.89. The minimum absolute atomic E-state index is 0.0246.